The van der Waals surface area contributed by atoms with E-state index in [1.807, 2.05) is 98.8 Å². The first-order chi connectivity index (χ1) is 17.4. The molecule has 1 unspecified atom stereocenters. The molecule has 2 amide bonds. The number of benzene rings is 4. The molecule has 4 aromatic rings. The summed E-state index contributed by atoms with van der Waals surface area (Å²) in [7, 11) is 0. The van der Waals surface area contributed by atoms with Crippen molar-refractivity contribution < 1.29 is 9.59 Å². The summed E-state index contributed by atoms with van der Waals surface area (Å²) in [4.78, 5) is 26.9. The normalized spacial score (nSPS) is 11.5. The molecule has 182 valence electrons. The van der Waals surface area contributed by atoms with Crippen molar-refractivity contribution in [3.63, 3.8) is 0 Å². The SMILES string of the molecule is Cc1cccc(NC(=O)C(Sc2cccc(NC(=O)Cc3ccc(Cl)cc3)c2)c2ccccc2)c1C. The molecule has 0 saturated heterocycles. The Morgan fingerprint density at radius 2 is 1.56 bits per heavy atom. The average molecular weight is 515 g/mol. The second-order valence-electron chi connectivity index (χ2n) is 8.52. The fraction of sp³-hybridized carbons (Fsp3) is 0.133. The van der Waals surface area contributed by atoms with E-state index in [-0.39, 0.29) is 18.2 Å². The first-order valence-electron chi connectivity index (χ1n) is 11.6. The highest BCUT2D eigenvalue weighted by Crippen LogP contribution is 2.37. The number of nitrogens with one attached hydrogen (secondary N) is 2. The Bertz CT molecular complexity index is 1360. The van der Waals surface area contributed by atoms with Crippen LogP contribution in [0.4, 0.5) is 11.4 Å². The van der Waals surface area contributed by atoms with Gasteiger partial charge < -0.3 is 10.6 Å². The van der Waals surface area contributed by atoms with Crippen LogP contribution in [0.5, 0.6) is 0 Å². The summed E-state index contributed by atoms with van der Waals surface area (Å²) in [5.41, 5.74) is 5.45. The summed E-state index contributed by atoms with van der Waals surface area (Å²) < 4.78 is 0. The van der Waals surface area contributed by atoms with Gasteiger partial charge in [-0.2, -0.15) is 0 Å². The predicted octanol–water partition coefficient (Wildman–Crippen LogP) is 7.61. The number of anilines is 2. The van der Waals surface area contributed by atoms with Crippen LogP contribution in [-0.2, 0) is 16.0 Å². The quantitative estimate of drug-likeness (QED) is 0.238. The summed E-state index contributed by atoms with van der Waals surface area (Å²) in [6, 6.07) is 30.4. The predicted molar refractivity (Wildman–Crippen MR) is 150 cm³/mol. The maximum atomic E-state index is 13.5. The van der Waals surface area contributed by atoms with Gasteiger partial charge in [-0.15, -0.1) is 11.8 Å². The van der Waals surface area contributed by atoms with Crippen molar-refractivity contribution in [3.05, 3.63) is 124 Å². The lowest BCUT2D eigenvalue weighted by Gasteiger charge is -2.19. The maximum absolute atomic E-state index is 13.5. The number of amides is 2. The molecule has 36 heavy (non-hydrogen) atoms. The highest BCUT2D eigenvalue weighted by atomic mass is 35.5. The van der Waals surface area contributed by atoms with Crippen LogP contribution in [0.3, 0.4) is 0 Å². The molecule has 4 aromatic carbocycles. The molecule has 4 rings (SSSR count). The van der Waals surface area contributed by atoms with Gasteiger partial charge in [0.2, 0.25) is 11.8 Å². The van der Waals surface area contributed by atoms with Crippen molar-refractivity contribution in [2.75, 3.05) is 10.6 Å². The van der Waals surface area contributed by atoms with Gasteiger partial charge in [0.25, 0.3) is 0 Å². The molecule has 4 nitrogen and oxygen atoms in total. The first kappa shape index (κ1) is 25.5. The Balaban J connectivity index is 1.50. The van der Waals surface area contributed by atoms with Gasteiger partial charge in [-0.3, -0.25) is 9.59 Å². The van der Waals surface area contributed by atoms with Gasteiger partial charge in [0.15, 0.2) is 0 Å². The fourth-order valence-electron chi connectivity index (χ4n) is 3.76. The van der Waals surface area contributed by atoms with Crippen LogP contribution in [0, 0.1) is 13.8 Å². The Labute approximate surface area is 221 Å². The molecule has 0 aromatic heterocycles. The van der Waals surface area contributed by atoms with Crippen LogP contribution >= 0.6 is 23.4 Å². The van der Waals surface area contributed by atoms with Gasteiger partial charge in [0.05, 0.1) is 6.42 Å². The van der Waals surface area contributed by atoms with E-state index in [2.05, 4.69) is 10.6 Å². The number of carbonyl (C=O) groups is 2. The van der Waals surface area contributed by atoms with Crippen molar-refractivity contribution in [1.29, 1.82) is 0 Å². The lowest BCUT2D eigenvalue weighted by molar-refractivity contribution is -0.116. The van der Waals surface area contributed by atoms with E-state index in [1.165, 1.54) is 11.8 Å². The number of rotatable bonds is 8. The average Bonchev–Trinajstić information content (AvgIpc) is 2.87. The number of aryl methyl sites for hydroxylation is 1. The van der Waals surface area contributed by atoms with Crippen LogP contribution in [0.15, 0.2) is 102 Å². The number of thioether (sulfide) groups is 1. The molecule has 0 bridgehead atoms. The monoisotopic (exact) mass is 514 g/mol. The summed E-state index contributed by atoms with van der Waals surface area (Å²) in [6.07, 6.45) is 0.249. The fourth-order valence-corrected chi connectivity index (χ4v) is 4.97. The Morgan fingerprint density at radius 1 is 0.833 bits per heavy atom. The number of hydrogen-bond acceptors (Lipinski definition) is 3. The molecule has 0 radical (unpaired) electrons. The van der Waals surface area contributed by atoms with E-state index < -0.39 is 5.25 Å². The molecule has 0 fully saturated rings. The molecule has 0 aliphatic heterocycles. The number of halogens is 1. The summed E-state index contributed by atoms with van der Waals surface area (Å²) >= 11 is 7.38. The zero-order valence-electron chi connectivity index (χ0n) is 20.1. The van der Waals surface area contributed by atoms with Crippen molar-refractivity contribution in [2.24, 2.45) is 0 Å². The minimum absolute atomic E-state index is 0.0999. The van der Waals surface area contributed by atoms with Crippen molar-refractivity contribution in [2.45, 2.75) is 30.4 Å². The van der Waals surface area contributed by atoms with Crippen LogP contribution in [0.1, 0.15) is 27.5 Å². The highest BCUT2D eigenvalue weighted by molar-refractivity contribution is 8.00. The zero-order valence-corrected chi connectivity index (χ0v) is 21.7. The molecule has 6 heteroatoms. The molecule has 2 N–H and O–H groups in total. The summed E-state index contributed by atoms with van der Waals surface area (Å²) in [5, 5.41) is 6.24. The Kier molecular flexibility index (Phi) is 8.47. The van der Waals surface area contributed by atoms with Gasteiger partial charge >= 0.3 is 0 Å². The van der Waals surface area contributed by atoms with Crippen LogP contribution in [0.2, 0.25) is 5.02 Å². The molecule has 0 aliphatic carbocycles. The van der Waals surface area contributed by atoms with Gasteiger partial charge in [-0.1, -0.05) is 72.3 Å². The molecule has 0 heterocycles. The van der Waals surface area contributed by atoms with Crippen molar-refractivity contribution >= 4 is 46.6 Å². The minimum atomic E-state index is -0.467. The topological polar surface area (TPSA) is 58.2 Å². The van der Waals surface area contributed by atoms with Gasteiger partial charge in [-0.05, 0) is 72.5 Å². The number of hydrogen-bond donors (Lipinski definition) is 2. The Hall–Kier alpha value is -3.54. The van der Waals surface area contributed by atoms with Gasteiger partial charge in [0, 0.05) is 21.3 Å². The number of carbonyl (C=O) groups excluding carboxylic acids is 2. The first-order valence-corrected chi connectivity index (χ1v) is 12.9. The van der Waals surface area contributed by atoms with Crippen LogP contribution in [0.25, 0.3) is 0 Å². The van der Waals surface area contributed by atoms with Crippen LogP contribution in [-0.4, -0.2) is 11.8 Å². The van der Waals surface area contributed by atoms with E-state index in [0.29, 0.717) is 10.7 Å². The molecule has 1 atom stereocenters. The third-order valence-electron chi connectivity index (χ3n) is 5.85. The van der Waals surface area contributed by atoms with Gasteiger partial charge in [0.1, 0.15) is 5.25 Å². The van der Waals surface area contributed by atoms with Crippen molar-refractivity contribution in [1.82, 2.24) is 0 Å². The van der Waals surface area contributed by atoms with Crippen LogP contribution < -0.4 is 10.6 Å². The van der Waals surface area contributed by atoms with E-state index in [1.54, 1.807) is 12.1 Å². The molecular weight excluding hydrogens is 488 g/mol. The molecular formula is C30H27ClN2O2S. The maximum Gasteiger partial charge on any atom is 0.242 e. The van der Waals surface area contributed by atoms with E-state index in [4.69, 9.17) is 11.6 Å². The summed E-state index contributed by atoms with van der Waals surface area (Å²) in [5.74, 6) is -0.219. The Morgan fingerprint density at radius 3 is 2.31 bits per heavy atom. The zero-order chi connectivity index (χ0) is 25.5. The smallest absolute Gasteiger partial charge is 0.242 e. The van der Waals surface area contributed by atoms with Gasteiger partial charge in [-0.25, -0.2) is 0 Å². The third kappa shape index (κ3) is 6.78. The second-order valence-corrected chi connectivity index (χ2v) is 10.1. The lowest BCUT2D eigenvalue weighted by atomic mass is 10.1. The largest absolute Gasteiger partial charge is 0.326 e. The molecule has 0 saturated carbocycles. The van der Waals surface area contributed by atoms with Crippen molar-refractivity contribution in [3.8, 4) is 0 Å². The van der Waals surface area contributed by atoms with E-state index in [9.17, 15) is 9.59 Å². The van der Waals surface area contributed by atoms with E-state index >= 15 is 0 Å². The third-order valence-corrected chi connectivity index (χ3v) is 7.35. The van der Waals surface area contributed by atoms with E-state index in [0.717, 1.165) is 32.8 Å². The minimum Gasteiger partial charge on any atom is -0.326 e. The standard InChI is InChI=1S/C30H27ClN2O2S/c1-20-8-6-13-27(21(20)2)33-30(35)29(23-9-4-3-5-10-23)36-26-12-7-11-25(19-26)32-28(34)18-22-14-16-24(31)17-15-22/h3-17,19,29H,18H2,1-2H3,(H,32,34)(H,33,35). The molecule has 0 aliphatic rings. The lowest BCUT2D eigenvalue weighted by Crippen LogP contribution is -2.19. The summed E-state index contributed by atoms with van der Waals surface area (Å²) in [6.45, 7) is 4.03. The highest BCUT2D eigenvalue weighted by Gasteiger charge is 2.23. The molecule has 0 spiro atoms. The second kappa shape index (κ2) is 11.9.